The maximum absolute atomic E-state index is 5.08. The lowest BCUT2D eigenvalue weighted by molar-refractivity contribution is 0.157. The Kier molecular flexibility index (Phi) is 3.78. The Morgan fingerprint density at radius 1 is 1.44 bits per heavy atom. The van der Waals surface area contributed by atoms with Crippen LogP contribution in [0.5, 0.6) is 5.88 Å². The zero-order valence-electron chi connectivity index (χ0n) is 10.1. The van der Waals surface area contributed by atoms with Crippen molar-refractivity contribution in [1.82, 2.24) is 9.88 Å². The van der Waals surface area contributed by atoms with Crippen LogP contribution in [0.2, 0.25) is 0 Å². The molecule has 0 amide bonds. The second kappa shape index (κ2) is 5.30. The minimum Gasteiger partial charge on any atom is -0.481 e. The van der Waals surface area contributed by atoms with Gasteiger partial charge in [0.25, 0.3) is 0 Å². The summed E-state index contributed by atoms with van der Waals surface area (Å²) in [6, 6.07) is 4.65. The number of nitrogens with zero attached hydrogens (tertiary/aromatic N) is 2. The first-order chi connectivity index (χ1) is 7.85. The van der Waals surface area contributed by atoms with Crippen LogP contribution in [-0.4, -0.2) is 30.1 Å². The molecule has 3 heteroatoms. The molecule has 88 valence electrons. The Morgan fingerprint density at radius 2 is 2.31 bits per heavy atom. The maximum Gasteiger partial charge on any atom is 0.212 e. The molecule has 0 aromatic carbocycles. The molecule has 0 saturated carbocycles. The van der Waals surface area contributed by atoms with Crippen molar-refractivity contribution in [2.75, 3.05) is 20.2 Å². The van der Waals surface area contributed by atoms with Gasteiger partial charge >= 0.3 is 0 Å². The van der Waals surface area contributed by atoms with Crippen molar-refractivity contribution in [3.63, 3.8) is 0 Å². The Morgan fingerprint density at radius 3 is 2.94 bits per heavy atom. The Labute approximate surface area is 97.4 Å². The number of ether oxygens (including phenoxy) is 1. The van der Waals surface area contributed by atoms with Crippen molar-refractivity contribution >= 4 is 0 Å². The van der Waals surface area contributed by atoms with Crippen LogP contribution in [0.25, 0.3) is 0 Å². The number of pyridine rings is 1. The quantitative estimate of drug-likeness (QED) is 0.783. The van der Waals surface area contributed by atoms with E-state index in [-0.39, 0.29) is 0 Å². The molecule has 1 aromatic rings. The van der Waals surface area contributed by atoms with E-state index >= 15 is 0 Å². The van der Waals surface area contributed by atoms with E-state index in [1.165, 1.54) is 31.4 Å². The van der Waals surface area contributed by atoms with Crippen molar-refractivity contribution in [3.8, 4) is 5.88 Å². The number of hydrogen-bond acceptors (Lipinski definition) is 3. The fourth-order valence-corrected chi connectivity index (χ4v) is 2.46. The van der Waals surface area contributed by atoms with Crippen molar-refractivity contribution < 1.29 is 4.74 Å². The van der Waals surface area contributed by atoms with E-state index in [0.29, 0.717) is 11.9 Å². The fraction of sp³-hybridized carbons (Fsp3) is 0.615. The number of methoxy groups -OCH3 is 1. The summed E-state index contributed by atoms with van der Waals surface area (Å²) in [5.74, 6) is 0.697. The number of hydrogen-bond donors (Lipinski definition) is 0. The van der Waals surface area contributed by atoms with E-state index in [1.807, 2.05) is 12.3 Å². The average Bonchev–Trinajstić information content (AvgIpc) is 2.39. The van der Waals surface area contributed by atoms with E-state index in [4.69, 9.17) is 4.74 Å². The summed E-state index contributed by atoms with van der Waals surface area (Å²) in [6.45, 7) is 4.57. The molecule has 0 radical (unpaired) electrons. The third-order valence-electron chi connectivity index (χ3n) is 3.37. The predicted octanol–water partition coefficient (Wildman–Crippen LogP) is 2.64. The topological polar surface area (TPSA) is 25.4 Å². The van der Waals surface area contributed by atoms with Gasteiger partial charge in [0.2, 0.25) is 5.88 Å². The summed E-state index contributed by atoms with van der Waals surface area (Å²) >= 11 is 0. The second-order valence-corrected chi connectivity index (χ2v) is 4.27. The summed E-state index contributed by atoms with van der Waals surface area (Å²) < 4.78 is 5.08. The van der Waals surface area contributed by atoms with Gasteiger partial charge in [0.15, 0.2) is 0 Å². The first-order valence-corrected chi connectivity index (χ1v) is 6.09. The lowest BCUT2D eigenvalue weighted by Crippen LogP contribution is -2.33. The normalized spacial score (nSPS) is 22.0. The third-order valence-corrected chi connectivity index (χ3v) is 3.37. The van der Waals surface area contributed by atoms with E-state index in [0.717, 1.165) is 6.54 Å². The monoisotopic (exact) mass is 220 g/mol. The Balaban J connectivity index is 2.14. The van der Waals surface area contributed by atoms with Crippen LogP contribution in [0.4, 0.5) is 0 Å². The highest BCUT2D eigenvalue weighted by molar-refractivity contribution is 5.21. The molecule has 3 nitrogen and oxygen atoms in total. The molecule has 1 aromatic heterocycles. The van der Waals surface area contributed by atoms with Crippen LogP contribution in [0.1, 0.15) is 37.8 Å². The number of rotatable bonds is 3. The summed E-state index contributed by atoms with van der Waals surface area (Å²) in [6.07, 6.45) is 5.86. The van der Waals surface area contributed by atoms with Crippen LogP contribution in [0.3, 0.4) is 0 Å². The van der Waals surface area contributed by atoms with E-state index in [9.17, 15) is 0 Å². The maximum atomic E-state index is 5.08. The van der Waals surface area contributed by atoms with Gasteiger partial charge in [-0.3, -0.25) is 4.90 Å². The molecule has 0 unspecified atom stereocenters. The van der Waals surface area contributed by atoms with Crippen molar-refractivity contribution in [1.29, 1.82) is 0 Å². The van der Waals surface area contributed by atoms with Gasteiger partial charge in [-0.05, 0) is 31.5 Å². The zero-order valence-corrected chi connectivity index (χ0v) is 10.1. The smallest absolute Gasteiger partial charge is 0.212 e. The van der Waals surface area contributed by atoms with Crippen molar-refractivity contribution in [3.05, 3.63) is 23.9 Å². The highest BCUT2D eigenvalue weighted by Gasteiger charge is 2.22. The molecule has 16 heavy (non-hydrogen) atoms. The standard InChI is InChI=1S/C13H20N2O/c1-3-15-9-5-4-6-12(15)11-7-8-13(16-2)14-10-11/h7-8,10,12H,3-6,9H2,1-2H3/t12-/m0/s1. The second-order valence-electron chi connectivity index (χ2n) is 4.27. The van der Waals surface area contributed by atoms with E-state index in [1.54, 1.807) is 7.11 Å². The number of piperidine rings is 1. The summed E-state index contributed by atoms with van der Waals surface area (Å²) in [5.41, 5.74) is 1.32. The zero-order chi connectivity index (χ0) is 11.4. The van der Waals surface area contributed by atoms with Crippen molar-refractivity contribution in [2.24, 2.45) is 0 Å². The lowest BCUT2D eigenvalue weighted by atomic mass is 9.96. The highest BCUT2D eigenvalue weighted by atomic mass is 16.5. The fourth-order valence-electron chi connectivity index (χ4n) is 2.46. The molecule has 0 aliphatic carbocycles. The van der Waals surface area contributed by atoms with Gasteiger partial charge in [-0.1, -0.05) is 19.4 Å². The summed E-state index contributed by atoms with van der Waals surface area (Å²) in [5, 5.41) is 0. The molecule has 1 saturated heterocycles. The minimum absolute atomic E-state index is 0.553. The summed E-state index contributed by atoms with van der Waals surface area (Å²) in [4.78, 5) is 6.83. The Hall–Kier alpha value is -1.09. The van der Waals surface area contributed by atoms with Gasteiger partial charge in [0, 0.05) is 18.3 Å². The van der Waals surface area contributed by atoms with Gasteiger partial charge < -0.3 is 4.74 Å². The molecule has 1 fully saturated rings. The molecular weight excluding hydrogens is 200 g/mol. The molecular formula is C13H20N2O. The van der Waals surface area contributed by atoms with Crippen LogP contribution in [0.15, 0.2) is 18.3 Å². The lowest BCUT2D eigenvalue weighted by Gasteiger charge is -2.34. The number of likely N-dealkylation sites (tertiary alicyclic amines) is 1. The van der Waals surface area contributed by atoms with Gasteiger partial charge in [0.1, 0.15) is 0 Å². The molecule has 1 aliphatic rings. The molecule has 2 rings (SSSR count). The van der Waals surface area contributed by atoms with Gasteiger partial charge in [-0.2, -0.15) is 0 Å². The van der Waals surface area contributed by atoms with Gasteiger partial charge in [-0.15, -0.1) is 0 Å². The highest BCUT2D eigenvalue weighted by Crippen LogP contribution is 2.30. The molecule has 0 spiro atoms. The molecule has 2 heterocycles. The minimum atomic E-state index is 0.553. The van der Waals surface area contributed by atoms with Crippen LogP contribution < -0.4 is 4.74 Å². The van der Waals surface area contributed by atoms with E-state index in [2.05, 4.69) is 22.9 Å². The molecule has 1 atom stereocenters. The van der Waals surface area contributed by atoms with Crippen molar-refractivity contribution in [2.45, 2.75) is 32.2 Å². The third kappa shape index (κ3) is 2.35. The number of aromatic nitrogens is 1. The SMILES string of the molecule is CCN1CCCC[C@H]1c1ccc(OC)nc1. The first-order valence-electron chi connectivity index (χ1n) is 6.09. The van der Waals surface area contributed by atoms with Crippen LogP contribution >= 0.6 is 0 Å². The average molecular weight is 220 g/mol. The first kappa shape index (κ1) is 11.4. The van der Waals surface area contributed by atoms with Crippen LogP contribution in [-0.2, 0) is 0 Å². The predicted molar refractivity (Wildman–Crippen MR) is 64.6 cm³/mol. The molecule has 0 N–H and O–H groups in total. The Bertz CT molecular complexity index is 323. The largest absolute Gasteiger partial charge is 0.481 e. The van der Waals surface area contributed by atoms with Gasteiger partial charge in [0.05, 0.1) is 7.11 Å². The van der Waals surface area contributed by atoms with Crippen LogP contribution in [0, 0.1) is 0 Å². The molecule has 1 aliphatic heterocycles. The molecule has 0 bridgehead atoms. The van der Waals surface area contributed by atoms with E-state index < -0.39 is 0 Å². The summed E-state index contributed by atoms with van der Waals surface area (Å²) in [7, 11) is 1.65. The van der Waals surface area contributed by atoms with Gasteiger partial charge in [-0.25, -0.2) is 4.98 Å².